The summed E-state index contributed by atoms with van der Waals surface area (Å²) in [5, 5.41) is 20.7. The number of nitrogens with one attached hydrogen (secondary N) is 2. The van der Waals surface area contributed by atoms with Gasteiger partial charge in [0.05, 0.1) is 24.1 Å². The maximum atomic E-state index is 14.3. The van der Waals surface area contributed by atoms with Gasteiger partial charge in [0.1, 0.15) is 23.5 Å². The van der Waals surface area contributed by atoms with Gasteiger partial charge < -0.3 is 15.4 Å². The molecule has 1 fully saturated rings. The highest BCUT2D eigenvalue weighted by Crippen LogP contribution is 2.29. The standard InChI is InChI=1S/C25H28FN5O/c1-28-20-5-3-4-17(12-20)16-29-25-14-24(18-6-7-19(15-27)23(26)13-18)31(30-25)21-8-10-22(32-2)11-9-21/h6-11,13-14,17,20,28H,3-5,12,16H2,1-2H3,(H,29,30)/t17-,20+/m0/s1. The molecule has 0 unspecified atom stereocenters. The molecule has 1 aliphatic carbocycles. The molecule has 0 bridgehead atoms. The number of aromatic nitrogens is 2. The highest BCUT2D eigenvalue weighted by molar-refractivity contribution is 5.67. The molecule has 3 aromatic rings. The fourth-order valence-electron chi connectivity index (χ4n) is 4.35. The lowest BCUT2D eigenvalue weighted by Crippen LogP contribution is -2.33. The third kappa shape index (κ3) is 4.76. The van der Waals surface area contributed by atoms with Crippen LogP contribution in [-0.2, 0) is 0 Å². The molecule has 2 aromatic carbocycles. The average Bonchev–Trinajstić information content (AvgIpc) is 3.27. The smallest absolute Gasteiger partial charge is 0.149 e. The zero-order valence-electron chi connectivity index (χ0n) is 18.4. The van der Waals surface area contributed by atoms with Gasteiger partial charge in [-0.1, -0.05) is 12.5 Å². The monoisotopic (exact) mass is 433 g/mol. The molecule has 1 aliphatic rings. The van der Waals surface area contributed by atoms with E-state index < -0.39 is 5.82 Å². The van der Waals surface area contributed by atoms with Crippen molar-refractivity contribution >= 4 is 5.82 Å². The van der Waals surface area contributed by atoms with Crippen LogP contribution in [0.4, 0.5) is 10.2 Å². The lowest BCUT2D eigenvalue weighted by Gasteiger charge is -2.28. The van der Waals surface area contributed by atoms with Gasteiger partial charge in [-0.05, 0) is 68.6 Å². The number of halogens is 1. The minimum Gasteiger partial charge on any atom is -0.497 e. The molecule has 166 valence electrons. The normalized spacial score (nSPS) is 18.2. The number of benzene rings is 2. The van der Waals surface area contributed by atoms with Gasteiger partial charge in [-0.3, -0.25) is 0 Å². The van der Waals surface area contributed by atoms with Crippen molar-refractivity contribution in [3.63, 3.8) is 0 Å². The fourth-order valence-corrected chi connectivity index (χ4v) is 4.35. The van der Waals surface area contributed by atoms with Crippen LogP contribution in [0.1, 0.15) is 31.2 Å². The summed E-state index contributed by atoms with van der Waals surface area (Å²) >= 11 is 0. The Morgan fingerprint density at radius 3 is 2.69 bits per heavy atom. The molecule has 0 radical (unpaired) electrons. The summed E-state index contributed by atoms with van der Waals surface area (Å²) in [7, 11) is 3.65. The molecule has 1 saturated carbocycles. The number of nitriles is 1. The molecule has 6 nitrogen and oxygen atoms in total. The van der Waals surface area contributed by atoms with E-state index in [1.54, 1.807) is 17.9 Å². The number of methoxy groups -OCH3 is 1. The van der Waals surface area contributed by atoms with Gasteiger partial charge in [0, 0.05) is 24.2 Å². The minimum absolute atomic E-state index is 0.0268. The number of rotatable bonds is 7. The van der Waals surface area contributed by atoms with Gasteiger partial charge in [-0.15, -0.1) is 5.10 Å². The van der Waals surface area contributed by atoms with Gasteiger partial charge in [-0.2, -0.15) is 5.26 Å². The van der Waals surface area contributed by atoms with Gasteiger partial charge >= 0.3 is 0 Å². The van der Waals surface area contributed by atoms with Crippen LogP contribution in [0.3, 0.4) is 0 Å². The van der Waals surface area contributed by atoms with E-state index in [-0.39, 0.29) is 5.56 Å². The van der Waals surface area contributed by atoms with Crippen LogP contribution in [0.25, 0.3) is 16.9 Å². The fraction of sp³-hybridized carbons (Fsp3) is 0.360. The van der Waals surface area contributed by atoms with Crippen LogP contribution in [0, 0.1) is 23.1 Å². The Balaban J connectivity index is 1.63. The first-order valence-corrected chi connectivity index (χ1v) is 11.0. The SMILES string of the molecule is CN[C@@H]1CCC[C@H](CNc2cc(-c3ccc(C#N)c(F)c3)n(-c3ccc(OC)cc3)n2)C1. The Kier molecular flexibility index (Phi) is 6.72. The predicted molar refractivity (Wildman–Crippen MR) is 124 cm³/mol. The second-order valence-corrected chi connectivity index (χ2v) is 8.23. The van der Waals surface area contributed by atoms with Gasteiger partial charge in [-0.25, -0.2) is 9.07 Å². The topological polar surface area (TPSA) is 74.9 Å². The van der Waals surface area contributed by atoms with E-state index >= 15 is 0 Å². The highest BCUT2D eigenvalue weighted by Gasteiger charge is 2.21. The van der Waals surface area contributed by atoms with Gasteiger partial charge in [0.15, 0.2) is 0 Å². The first-order chi connectivity index (χ1) is 15.6. The Labute approximate surface area is 188 Å². The van der Waals surface area contributed by atoms with Crippen molar-refractivity contribution in [2.45, 2.75) is 31.7 Å². The quantitative estimate of drug-likeness (QED) is 0.563. The van der Waals surface area contributed by atoms with Crippen LogP contribution < -0.4 is 15.4 Å². The van der Waals surface area contributed by atoms with E-state index in [0.717, 1.165) is 35.9 Å². The maximum Gasteiger partial charge on any atom is 0.149 e. The van der Waals surface area contributed by atoms with E-state index in [1.807, 2.05) is 43.4 Å². The summed E-state index contributed by atoms with van der Waals surface area (Å²) < 4.78 is 21.4. The lowest BCUT2D eigenvalue weighted by atomic mass is 9.86. The van der Waals surface area contributed by atoms with E-state index in [0.29, 0.717) is 17.5 Å². The molecule has 0 saturated heterocycles. The third-order valence-electron chi connectivity index (χ3n) is 6.17. The van der Waals surface area contributed by atoms with Crippen molar-refractivity contribution in [1.82, 2.24) is 15.1 Å². The minimum atomic E-state index is -0.540. The van der Waals surface area contributed by atoms with Crippen LogP contribution in [-0.4, -0.2) is 36.5 Å². The van der Waals surface area contributed by atoms with Crippen molar-refractivity contribution < 1.29 is 9.13 Å². The first kappa shape index (κ1) is 21.8. The molecule has 2 atom stereocenters. The molecule has 4 rings (SSSR count). The van der Waals surface area contributed by atoms with Crippen molar-refractivity contribution in [2.24, 2.45) is 5.92 Å². The molecule has 1 aromatic heterocycles. The number of nitrogens with zero attached hydrogens (tertiary/aromatic N) is 3. The Morgan fingerprint density at radius 2 is 2.00 bits per heavy atom. The Hall–Kier alpha value is -3.37. The molecule has 0 spiro atoms. The average molecular weight is 434 g/mol. The summed E-state index contributed by atoms with van der Waals surface area (Å²) in [5.74, 6) is 1.54. The summed E-state index contributed by atoms with van der Waals surface area (Å²) in [6.45, 7) is 0.846. The molecule has 32 heavy (non-hydrogen) atoms. The van der Waals surface area contributed by atoms with Crippen molar-refractivity contribution in [3.8, 4) is 28.8 Å². The second kappa shape index (κ2) is 9.84. The molecule has 2 N–H and O–H groups in total. The van der Waals surface area contributed by atoms with E-state index in [9.17, 15) is 4.39 Å². The number of anilines is 1. The summed E-state index contributed by atoms with van der Waals surface area (Å²) in [4.78, 5) is 0. The van der Waals surface area contributed by atoms with Crippen LogP contribution >= 0.6 is 0 Å². The van der Waals surface area contributed by atoms with Crippen LogP contribution in [0.15, 0.2) is 48.5 Å². The predicted octanol–water partition coefficient (Wildman–Crippen LogP) is 4.75. The molecule has 0 aliphatic heterocycles. The van der Waals surface area contributed by atoms with Gasteiger partial charge in [0.25, 0.3) is 0 Å². The molecular formula is C25H28FN5O. The molecular weight excluding hydrogens is 405 g/mol. The maximum absolute atomic E-state index is 14.3. The Morgan fingerprint density at radius 1 is 1.19 bits per heavy atom. The van der Waals surface area contributed by atoms with Crippen molar-refractivity contribution in [1.29, 1.82) is 5.26 Å². The van der Waals surface area contributed by atoms with Crippen molar-refractivity contribution in [2.75, 3.05) is 26.0 Å². The second-order valence-electron chi connectivity index (χ2n) is 8.23. The number of hydrogen-bond acceptors (Lipinski definition) is 5. The molecule has 7 heteroatoms. The summed E-state index contributed by atoms with van der Waals surface area (Å²) in [6, 6.07) is 16.6. The lowest BCUT2D eigenvalue weighted by molar-refractivity contribution is 0.306. The van der Waals surface area contributed by atoms with Gasteiger partial charge in [0.2, 0.25) is 0 Å². The zero-order chi connectivity index (χ0) is 22.5. The Bertz CT molecular complexity index is 1100. The third-order valence-corrected chi connectivity index (χ3v) is 6.17. The first-order valence-electron chi connectivity index (χ1n) is 11.0. The van der Waals surface area contributed by atoms with Crippen LogP contribution in [0.5, 0.6) is 5.75 Å². The van der Waals surface area contributed by atoms with Crippen molar-refractivity contribution in [3.05, 3.63) is 59.9 Å². The van der Waals surface area contributed by atoms with E-state index in [2.05, 4.69) is 10.6 Å². The van der Waals surface area contributed by atoms with E-state index in [4.69, 9.17) is 15.1 Å². The number of ether oxygens (including phenoxy) is 1. The van der Waals surface area contributed by atoms with E-state index in [1.165, 1.54) is 31.4 Å². The summed E-state index contributed by atoms with van der Waals surface area (Å²) in [6.07, 6.45) is 4.82. The molecule has 0 amide bonds. The number of hydrogen-bond donors (Lipinski definition) is 2. The molecule has 1 heterocycles. The zero-order valence-corrected chi connectivity index (χ0v) is 18.4. The highest BCUT2D eigenvalue weighted by atomic mass is 19.1. The largest absolute Gasteiger partial charge is 0.497 e. The summed E-state index contributed by atoms with van der Waals surface area (Å²) in [5.41, 5.74) is 2.27. The van der Waals surface area contributed by atoms with Crippen LogP contribution in [0.2, 0.25) is 0 Å².